The van der Waals surface area contributed by atoms with Crippen molar-refractivity contribution < 1.29 is 18.7 Å². The Morgan fingerprint density at radius 3 is 2.79 bits per heavy atom. The minimum Gasteiger partial charge on any atom is -0.455 e. The molecular weight excluding hydrogens is 308 g/mol. The Kier molecular flexibility index (Phi) is 3.42. The normalized spacial score (nSPS) is 13.3. The molecule has 2 aromatic carbocycles. The van der Waals surface area contributed by atoms with Crippen LogP contribution < -0.4 is 14.9 Å². The lowest BCUT2D eigenvalue weighted by atomic mass is 10.2. The number of furan rings is 1. The van der Waals surface area contributed by atoms with Gasteiger partial charge < -0.3 is 13.9 Å². The summed E-state index contributed by atoms with van der Waals surface area (Å²) in [6.45, 7) is 1.95. The van der Waals surface area contributed by atoms with Gasteiger partial charge in [0.2, 0.25) is 6.79 Å². The van der Waals surface area contributed by atoms with Crippen LogP contribution in [0.2, 0.25) is 0 Å². The molecule has 0 unspecified atom stereocenters. The largest absolute Gasteiger partial charge is 0.455 e. The van der Waals surface area contributed by atoms with Crippen LogP contribution in [0.4, 0.5) is 0 Å². The molecule has 3 aromatic rings. The average molecular weight is 322 g/mol. The second-order valence-electron chi connectivity index (χ2n) is 5.35. The molecule has 4 rings (SSSR count). The second kappa shape index (κ2) is 5.73. The van der Waals surface area contributed by atoms with E-state index in [-0.39, 0.29) is 12.7 Å². The van der Waals surface area contributed by atoms with Crippen LogP contribution in [0.5, 0.6) is 11.5 Å². The molecule has 1 aliphatic heterocycles. The Morgan fingerprint density at radius 2 is 1.92 bits per heavy atom. The first-order valence-corrected chi connectivity index (χ1v) is 7.44. The maximum absolute atomic E-state index is 12.2. The smallest absolute Gasteiger partial charge is 0.271 e. The Bertz CT molecular complexity index is 926. The van der Waals surface area contributed by atoms with E-state index < -0.39 is 0 Å². The van der Waals surface area contributed by atoms with E-state index in [0.29, 0.717) is 28.5 Å². The molecule has 1 aliphatic rings. The predicted molar refractivity (Wildman–Crippen MR) is 88.5 cm³/mol. The molecule has 1 aromatic heterocycles. The number of nitrogens with one attached hydrogen (secondary N) is 1. The van der Waals surface area contributed by atoms with Crippen molar-refractivity contribution in [2.75, 3.05) is 6.79 Å². The number of hydrazone groups is 1. The van der Waals surface area contributed by atoms with Crippen molar-refractivity contribution in [1.82, 2.24) is 5.43 Å². The summed E-state index contributed by atoms with van der Waals surface area (Å²) >= 11 is 0. The molecule has 0 saturated heterocycles. The summed E-state index contributed by atoms with van der Waals surface area (Å²) < 4.78 is 16.2. The molecule has 1 N–H and O–H groups in total. The summed E-state index contributed by atoms with van der Waals surface area (Å²) in [7, 11) is 0. The molecule has 0 aliphatic carbocycles. The minimum absolute atomic E-state index is 0.170. The van der Waals surface area contributed by atoms with Gasteiger partial charge in [-0.05, 0) is 37.3 Å². The van der Waals surface area contributed by atoms with Gasteiger partial charge in [-0.1, -0.05) is 18.2 Å². The van der Waals surface area contributed by atoms with E-state index in [2.05, 4.69) is 10.5 Å². The number of carbonyl (C=O) groups is 1. The molecule has 6 nitrogen and oxygen atoms in total. The molecule has 0 atom stereocenters. The van der Waals surface area contributed by atoms with E-state index in [1.54, 1.807) is 25.1 Å². The standard InChI is InChI=1S/C18H14N2O4/c1-11(16-8-12-4-2-3-5-14(12)24-16)19-20-18(21)13-6-7-15-17(9-13)23-10-22-15/h2-9H,10H2,1H3,(H,20,21)/b19-11-. The summed E-state index contributed by atoms with van der Waals surface area (Å²) in [5.41, 5.74) is 4.34. The topological polar surface area (TPSA) is 73.1 Å². The number of para-hydroxylation sites is 1. The predicted octanol–water partition coefficient (Wildman–Crippen LogP) is 3.32. The van der Waals surface area contributed by atoms with Crippen molar-refractivity contribution in [2.24, 2.45) is 5.10 Å². The third-order valence-electron chi connectivity index (χ3n) is 3.74. The molecule has 0 saturated carbocycles. The first-order valence-electron chi connectivity index (χ1n) is 7.44. The number of hydrogen-bond donors (Lipinski definition) is 1. The Labute approximate surface area is 137 Å². The second-order valence-corrected chi connectivity index (χ2v) is 5.35. The number of rotatable bonds is 3. The van der Waals surface area contributed by atoms with Crippen LogP contribution in [-0.2, 0) is 0 Å². The van der Waals surface area contributed by atoms with Crippen molar-refractivity contribution in [2.45, 2.75) is 6.92 Å². The number of fused-ring (bicyclic) bond motifs is 2. The highest BCUT2D eigenvalue weighted by molar-refractivity contribution is 6.01. The lowest BCUT2D eigenvalue weighted by molar-refractivity contribution is 0.0954. The zero-order chi connectivity index (χ0) is 16.5. The van der Waals surface area contributed by atoms with Gasteiger partial charge >= 0.3 is 0 Å². The highest BCUT2D eigenvalue weighted by atomic mass is 16.7. The number of amides is 1. The van der Waals surface area contributed by atoms with E-state index in [1.807, 2.05) is 30.3 Å². The zero-order valence-electron chi connectivity index (χ0n) is 12.9. The molecule has 1 amide bonds. The van der Waals surface area contributed by atoms with Crippen LogP contribution in [0.1, 0.15) is 23.0 Å². The number of carbonyl (C=O) groups excluding carboxylic acids is 1. The average Bonchev–Trinajstić information content (AvgIpc) is 3.24. The van der Waals surface area contributed by atoms with E-state index in [1.165, 1.54) is 0 Å². The van der Waals surface area contributed by atoms with Crippen LogP contribution in [0, 0.1) is 0 Å². The fraction of sp³-hybridized carbons (Fsp3) is 0.111. The van der Waals surface area contributed by atoms with Gasteiger partial charge in [-0.15, -0.1) is 0 Å². The summed E-state index contributed by atoms with van der Waals surface area (Å²) in [4.78, 5) is 12.2. The lowest BCUT2D eigenvalue weighted by Crippen LogP contribution is -2.19. The van der Waals surface area contributed by atoms with E-state index >= 15 is 0 Å². The maximum Gasteiger partial charge on any atom is 0.271 e. The molecule has 6 heteroatoms. The first kappa shape index (κ1) is 14.3. The highest BCUT2D eigenvalue weighted by Gasteiger charge is 2.16. The third-order valence-corrected chi connectivity index (χ3v) is 3.74. The maximum atomic E-state index is 12.2. The van der Waals surface area contributed by atoms with Crippen molar-refractivity contribution in [3.05, 3.63) is 59.9 Å². The van der Waals surface area contributed by atoms with Gasteiger partial charge in [-0.2, -0.15) is 5.10 Å². The van der Waals surface area contributed by atoms with Crippen LogP contribution >= 0.6 is 0 Å². The monoisotopic (exact) mass is 322 g/mol. The molecule has 24 heavy (non-hydrogen) atoms. The Morgan fingerprint density at radius 1 is 1.08 bits per heavy atom. The first-order chi connectivity index (χ1) is 11.7. The fourth-order valence-electron chi connectivity index (χ4n) is 2.45. The third kappa shape index (κ3) is 2.58. The van der Waals surface area contributed by atoms with Crippen LogP contribution in [0.3, 0.4) is 0 Å². The number of ether oxygens (including phenoxy) is 2. The van der Waals surface area contributed by atoms with Gasteiger partial charge in [-0.3, -0.25) is 4.79 Å². The summed E-state index contributed by atoms with van der Waals surface area (Å²) in [6.07, 6.45) is 0. The Hall–Kier alpha value is -3.28. The van der Waals surface area contributed by atoms with Gasteiger partial charge in [0, 0.05) is 10.9 Å². The van der Waals surface area contributed by atoms with Gasteiger partial charge in [0.1, 0.15) is 11.3 Å². The highest BCUT2D eigenvalue weighted by Crippen LogP contribution is 2.32. The van der Waals surface area contributed by atoms with Crippen LogP contribution in [0.15, 0.2) is 58.0 Å². The number of benzene rings is 2. The lowest BCUT2D eigenvalue weighted by Gasteiger charge is -2.02. The van der Waals surface area contributed by atoms with Gasteiger partial charge in [0.05, 0.1) is 0 Å². The zero-order valence-corrected chi connectivity index (χ0v) is 12.9. The molecule has 2 heterocycles. The van der Waals surface area contributed by atoms with Crippen molar-refractivity contribution in [3.8, 4) is 11.5 Å². The van der Waals surface area contributed by atoms with E-state index in [0.717, 1.165) is 11.0 Å². The van der Waals surface area contributed by atoms with Crippen LogP contribution in [0.25, 0.3) is 11.0 Å². The molecule has 120 valence electrons. The van der Waals surface area contributed by atoms with Gasteiger partial charge in [0.15, 0.2) is 17.3 Å². The summed E-state index contributed by atoms with van der Waals surface area (Å²) in [5, 5.41) is 5.10. The summed E-state index contributed by atoms with van der Waals surface area (Å²) in [6, 6.07) is 14.6. The molecule has 0 radical (unpaired) electrons. The molecule has 0 spiro atoms. The van der Waals surface area contributed by atoms with Crippen molar-refractivity contribution in [1.29, 1.82) is 0 Å². The van der Waals surface area contributed by atoms with Crippen molar-refractivity contribution >= 4 is 22.6 Å². The quantitative estimate of drug-likeness (QED) is 0.593. The van der Waals surface area contributed by atoms with E-state index in [9.17, 15) is 4.79 Å². The SMILES string of the molecule is C/C(=N/NC(=O)c1ccc2c(c1)OCO2)c1cc2ccccc2o1. The number of hydrogen-bond acceptors (Lipinski definition) is 5. The van der Waals surface area contributed by atoms with Crippen LogP contribution in [-0.4, -0.2) is 18.4 Å². The summed E-state index contributed by atoms with van der Waals surface area (Å²) in [5.74, 6) is 1.47. The molecule has 0 fully saturated rings. The fourth-order valence-corrected chi connectivity index (χ4v) is 2.45. The van der Waals surface area contributed by atoms with Gasteiger partial charge in [0.25, 0.3) is 5.91 Å². The molecular formula is C18H14N2O4. The minimum atomic E-state index is -0.330. The Balaban J connectivity index is 1.52. The number of nitrogens with zero attached hydrogens (tertiary/aromatic N) is 1. The van der Waals surface area contributed by atoms with E-state index in [4.69, 9.17) is 13.9 Å². The molecule has 0 bridgehead atoms. The van der Waals surface area contributed by atoms with Gasteiger partial charge in [-0.25, -0.2) is 5.43 Å². The van der Waals surface area contributed by atoms with Crippen molar-refractivity contribution in [3.63, 3.8) is 0 Å².